The first-order valence-corrected chi connectivity index (χ1v) is 8.73. The topological polar surface area (TPSA) is 67.8 Å². The van der Waals surface area contributed by atoms with Crippen LogP contribution in [0.5, 0.6) is 0 Å². The molecule has 0 aliphatic heterocycles. The molecule has 0 aliphatic carbocycles. The molecule has 0 amide bonds. The smallest absolute Gasteiger partial charge is 0.0683 e. The molecule has 0 aromatic rings. The number of rotatable bonds is 12. The van der Waals surface area contributed by atoms with Crippen molar-refractivity contribution in [3.8, 4) is 12.1 Å². The average Bonchev–Trinajstić information content (AvgIpc) is 2.46. The third kappa shape index (κ3) is 11.6. The van der Waals surface area contributed by atoms with Gasteiger partial charge in [-0.3, -0.25) is 0 Å². The summed E-state index contributed by atoms with van der Waals surface area (Å²) in [7, 11) is 0. The van der Waals surface area contributed by atoms with Crippen LogP contribution in [0.4, 0.5) is 0 Å². The number of hydrogen-bond acceptors (Lipinski definition) is 3. The molecular formula is C19H34N2O. The van der Waals surface area contributed by atoms with Gasteiger partial charge >= 0.3 is 0 Å². The average molecular weight is 306 g/mol. The second-order valence-electron chi connectivity index (χ2n) is 7.84. The van der Waals surface area contributed by atoms with E-state index in [2.05, 4.69) is 12.1 Å². The molecule has 1 N–H and O–H groups in total. The molecule has 0 heterocycles. The van der Waals surface area contributed by atoms with Gasteiger partial charge in [-0.05, 0) is 53.4 Å². The summed E-state index contributed by atoms with van der Waals surface area (Å²) in [4.78, 5) is 0. The predicted molar refractivity (Wildman–Crippen MR) is 91.0 cm³/mol. The van der Waals surface area contributed by atoms with E-state index in [4.69, 9.17) is 10.5 Å². The Kier molecular flexibility index (Phi) is 10.1. The fourth-order valence-electron chi connectivity index (χ4n) is 2.50. The van der Waals surface area contributed by atoms with Gasteiger partial charge in [0.15, 0.2) is 0 Å². The molecule has 0 aliphatic rings. The molecule has 0 fully saturated rings. The van der Waals surface area contributed by atoms with Gasteiger partial charge in [0.05, 0.1) is 29.1 Å². The molecule has 3 heteroatoms. The Labute approximate surface area is 137 Å². The van der Waals surface area contributed by atoms with Crippen LogP contribution in [0.1, 0.15) is 91.9 Å². The maximum Gasteiger partial charge on any atom is 0.0683 e. The highest BCUT2D eigenvalue weighted by Gasteiger charge is 2.16. The van der Waals surface area contributed by atoms with Gasteiger partial charge in [-0.15, -0.1) is 0 Å². The Bertz CT molecular complexity index is 338. The van der Waals surface area contributed by atoms with Crippen LogP contribution in [0.25, 0.3) is 0 Å². The Hall–Kier alpha value is -1.06. The van der Waals surface area contributed by atoms with Crippen molar-refractivity contribution < 1.29 is 5.11 Å². The maximum atomic E-state index is 9.96. The Morgan fingerprint density at radius 1 is 0.727 bits per heavy atom. The van der Waals surface area contributed by atoms with Gasteiger partial charge in [0.25, 0.3) is 0 Å². The van der Waals surface area contributed by atoms with E-state index in [9.17, 15) is 5.11 Å². The van der Waals surface area contributed by atoms with E-state index >= 15 is 0 Å². The molecule has 126 valence electrons. The van der Waals surface area contributed by atoms with Crippen molar-refractivity contribution in [2.75, 3.05) is 0 Å². The molecule has 3 nitrogen and oxygen atoms in total. The van der Waals surface area contributed by atoms with Gasteiger partial charge in [-0.25, -0.2) is 0 Å². The van der Waals surface area contributed by atoms with Crippen molar-refractivity contribution >= 4 is 0 Å². The summed E-state index contributed by atoms with van der Waals surface area (Å²) in [6.45, 7) is 7.93. The normalized spacial score (nSPS) is 12.2. The lowest BCUT2D eigenvalue weighted by molar-refractivity contribution is 0.146. The first-order chi connectivity index (χ1) is 10.2. The van der Waals surface area contributed by atoms with Gasteiger partial charge < -0.3 is 5.11 Å². The van der Waals surface area contributed by atoms with E-state index < -0.39 is 0 Å². The van der Waals surface area contributed by atoms with Crippen LogP contribution < -0.4 is 0 Å². The van der Waals surface area contributed by atoms with E-state index in [0.29, 0.717) is 0 Å². The van der Waals surface area contributed by atoms with Gasteiger partial charge in [-0.1, -0.05) is 38.5 Å². The largest absolute Gasteiger partial charge is 0.393 e. The van der Waals surface area contributed by atoms with Crippen LogP contribution in [-0.4, -0.2) is 11.2 Å². The molecule has 0 unspecified atom stereocenters. The van der Waals surface area contributed by atoms with Crippen LogP contribution >= 0.6 is 0 Å². The third-order valence-corrected chi connectivity index (χ3v) is 4.28. The standard InChI is InChI=1S/C19H34N2O/c1-18(2,15-20)13-9-5-7-11-17(22)12-8-6-10-14-19(3,4)16-21/h17,22H,5-14H2,1-4H3. The summed E-state index contributed by atoms with van der Waals surface area (Å²) in [6, 6.07) is 4.65. The molecule has 22 heavy (non-hydrogen) atoms. The summed E-state index contributed by atoms with van der Waals surface area (Å²) < 4.78 is 0. The zero-order valence-corrected chi connectivity index (χ0v) is 15.0. The number of nitriles is 2. The molecule has 0 bridgehead atoms. The second-order valence-corrected chi connectivity index (χ2v) is 7.84. The van der Waals surface area contributed by atoms with Gasteiger partial charge in [0.2, 0.25) is 0 Å². The molecule has 0 radical (unpaired) electrons. The van der Waals surface area contributed by atoms with Crippen LogP contribution in [0.2, 0.25) is 0 Å². The number of unbranched alkanes of at least 4 members (excludes halogenated alkanes) is 4. The van der Waals surface area contributed by atoms with E-state index in [1.807, 2.05) is 27.7 Å². The van der Waals surface area contributed by atoms with Crippen LogP contribution in [0.15, 0.2) is 0 Å². The van der Waals surface area contributed by atoms with Crippen LogP contribution in [-0.2, 0) is 0 Å². The second kappa shape index (κ2) is 10.6. The summed E-state index contributed by atoms with van der Waals surface area (Å²) in [5.74, 6) is 0. The van der Waals surface area contributed by atoms with Gasteiger partial charge in [-0.2, -0.15) is 10.5 Å². The minimum absolute atomic E-state index is 0.187. The highest BCUT2D eigenvalue weighted by molar-refractivity contribution is 4.91. The summed E-state index contributed by atoms with van der Waals surface area (Å²) in [6.07, 6.45) is 9.85. The van der Waals surface area contributed by atoms with Crippen molar-refractivity contribution in [3.05, 3.63) is 0 Å². The summed E-state index contributed by atoms with van der Waals surface area (Å²) in [5, 5.41) is 27.8. The fourth-order valence-corrected chi connectivity index (χ4v) is 2.50. The summed E-state index contributed by atoms with van der Waals surface area (Å²) >= 11 is 0. The zero-order valence-electron chi connectivity index (χ0n) is 15.0. The quantitative estimate of drug-likeness (QED) is 0.494. The Morgan fingerprint density at radius 3 is 1.41 bits per heavy atom. The van der Waals surface area contributed by atoms with Gasteiger partial charge in [0.1, 0.15) is 0 Å². The minimum Gasteiger partial charge on any atom is -0.393 e. The highest BCUT2D eigenvalue weighted by Crippen LogP contribution is 2.24. The Morgan fingerprint density at radius 2 is 1.09 bits per heavy atom. The lowest BCUT2D eigenvalue weighted by Gasteiger charge is -2.15. The SMILES string of the molecule is CC(C)(C#N)CCCCCC(O)CCCCCC(C)(C)C#N. The van der Waals surface area contributed by atoms with Crippen LogP contribution in [0, 0.1) is 33.5 Å². The third-order valence-electron chi connectivity index (χ3n) is 4.28. The van der Waals surface area contributed by atoms with Crippen molar-refractivity contribution in [2.24, 2.45) is 10.8 Å². The van der Waals surface area contributed by atoms with Crippen LogP contribution in [0.3, 0.4) is 0 Å². The summed E-state index contributed by atoms with van der Waals surface area (Å²) in [5.41, 5.74) is -0.425. The van der Waals surface area contributed by atoms with E-state index in [-0.39, 0.29) is 16.9 Å². The molecule has 0 rings (SSSR count). The minimum atomic E-state index is -0.212. The highest BCUT2D eigenvalue weighted by atomic mass is 16.3. The maximum absolute atomic E-state index is 9.96. The van der Waals surface area contributed by atoms with E-state index in [1.54, 1.807) is 0 Å². The van der Waals surface area contributed by atoms with Gasteiger partial charge in [0, 0.05) is 0 Å². The van der Waals surface area contributed by atoms with E-state index in [1.165, 1.54) is 0 Å². The monoisotopic (exact) mass is 306 g/mol. The number of aliphatic hydroxyl groups is 1. The lowest BCUT2D eigenvalue weighted by atomic mass is 9.88. The molecular weight excluding hydrogens is 272 g/mol. The van der Waals surface area contributed by atoms with Crippen molar-refractivity contribution in [1.82, 2.24) is 0 Å². The molecule has 0 saturated carbocycles. The number of aliphatic hydroxyl groups excluding tert-OH is 1. The lowest BCUT2D eigenvalue weighted by Crippen LogP contribution is -2.09. The first kappa shape index (κ1) is 20.9. The molecule has 0 aromatic carbocycles. The predicted octanol–water partition coefficient (Wildman–Crippen LogP) is 5.35. The number of nitrogens with zero attached hydrogens (tertiary/aromatic N) is 2. The van der Waals surface area contributed by atoms with Crippen molar-refractivity contribution in [2.45, 2.75) is 98.0 Å². The number of hydrogen-bond donors (Lipinski definition) is 1. The molecule has 0 spiro atoms. The zero-order chi connectivity index (χ0) is 17.1. The fraction of sp³-hybridized carbons (Fsp3) is 0.895. The molecule has 0 atom stereocenters. The first-order valence-electron chi connectivity index (χ1n) is 8.73. The van der Waals surface area contributed by atoms with Crippen molar-refractivity contribution in [1.29, 1.82) is 10.5 Å². The Balaban J connectivity index is 3.50. The molecule has 0 saturated heterocycles. The van der Waals surface area contributed by atoms with Crippen molar-refractivity contribution in [3.63, 3.8) is 0 Å². The molecule has 0 aromatic heterocycles. The van der Waals surface area contributed by atoms with E-state index in [0.717, 1.165) is 64.2 Å².